The van der Waals surface area contributed by atoms with E-state index in [1.165, 1.54) is 6.26 Å². The quantitative estimate of drug-likeness (QED) is 0.566. The topological polar surface area (TPSA) is 73.0 Å². The molecule has 0 bridgehead atoms. The number of hydrogen-bond donors (Lipinski definition) is 1. The molecule has 2 aromatic carbocycles. The molecule has 6 heteroatoms. The minimum Gasteiger partial charge on any atom is -0.447 e. The molecule has 0 unspecified atom stereocenters. The molecule has 0 saturated heterocycles. The Bertz CT molecular complexity index is 1070. The van der Waals surface area contributed by atoms with Crippen LogP contribution in [-0.4, -0.2) is 20.7 Å². The predicted octanol–water partition coefficient (Wildman–Crippen LogP) is 4.33. The Kier molecular flexibility index (Phi) is 4.76. The van der Waals surface area contributed by atoms with E-state index in [0.717, 1.165) is 16.8 Å². The Morgan fingerprint density at radius 1 is 1.11 bits per heavy atom. The van der Waals surface area contributed by atoms with Crippen molar-refractivity contribution in [3.63, 3.8) is 0 Å². The second kappa shape index (κ2) is 7.52. The van der Waals surface area contributed by atoms with Crippen LogP contribution >= 0.6 is 0 Å². The maximum absolute atomic E-state index is 13.0. The molecule has 0 aliphatic carbocycles. The van der Waals surface area contributed by atoms with Gasteiger partial charge >= 0.3 is 0 Å². The van der Waals surface area contributed by atoms with Gasteiger partial charge in [0.15, 0.2) is 0 Å². The molecule has 0 saturated carbocycles. The molecule has 1 amide bonds. The van der Waals surface area contributed by atoms with Crippen LogP contribution in [0.3, 0.4) is 0 Å². The van der Waals surface area contributed by atoms with Crippen molar-refractivity contribution in [2.75, 3.05) is 0 Å². The molecule has 0 aliphatic heterocycles. The van der Waals surface area contributed by atoms with Gasteiger partial charge in [0.05, 0.1) is 17.4 Å². The van der Waals surface area contributed by atoms with Crippen LogP contribution in [0.5, 0.6) is 0 Å². The molecule has 2 heterocycles. The molecule has 140 valence electrons. The highest BCUT2D eigenvalue weighted by Gasteiger charge is 2.21. The Balaban J connectivity index is 1.72. The molecule has 1 N–H and O–H groups in total. The number of aryl methyl sites for hydroxylation is 1. The number of amides is 1. The molecule has 1 atom stereocenters. The third-order valence-corrected chi connectivity index (χ3v) is 4.47. The average molecular weight is 372 g/mol. The Hall–Kier alpha value is -3.67. The Labute approximate surface area is 162 Å². The third-order valence-electron chi connectivity index (χ3n) is 4.47. The fraction of sp³-hybridized carbons (Fsp3) is 0.136. The van der Waals surface area contributed by atoms with Gasteiger partial charge in [0.1, 0.15) is 18.0 Å². The first-order valence-electron chi connectivity index (χ1n) is 9.04. The summed E-state index contributed by atoms with van der Waals surface area (Å²) in [4.78, 5) is 17.1. The van der Waals surface area contributed by atoms with Gasteiger partial charge in [-0.3, -0.25) is 4.79 Å². The fourth-order valence-electron chi connectivity index (χ4n) is 2.96. The number of carbonyl (C=O) groups excluding carboxylic acids is 1. The minimum atomic E-state index is -0.353. The van der Waals surface area contributed by atoms with Gasteiger partial charge in [-0.1, -0.05) is 48.0 Å². The van der Waals surface area contributed by atoms with Crippen molar-refractivity contribution in [3.8, 4) is 16.9 Å². The average Bonchev–Trinajstić information content (AvgIpc) is 3.39. The van der Waals surface area contributed by atoms with E-state index in [0.29, 0.717) is 17.1 Å². The van der Waals surface area contributed by atoms with Crippen molar-refractivity contribution in [2.24, 2.45) is 0 Å². The summed E-state index contributed by atoms with van der Waals surface area (Å²) in [7, 11) is 0. The van der Waals surface area contributed by atoms with Gasteiger partial charge in [0.25, 0.3) is 5.91 Å². The summed E-state index contributed by atoms with van der Waals surface area (Å²) in [5, 5.41) is 7.62. The summed E-state index contributed by atoms with van der Waals surface area (Å²) in [6.45, 7) is 3.86. The molecular formula is C22H20N4O2. The van der Waals surface area contributed by atoms with Crippen LogP contribution < -0.4 is 5.32 Å². The second-order valence-electron chi connectivity index (χ2n) is 6.60. The van der Waals surface area contributed by atoms with Gasteiger partial charge in [-0.2, -0.15) is 5.10 Å². The van der Waals surface area contributed by atoms with Crippen molar-refractivity contribution in [2.45, 2.75) is 19.9 Å². The normalized spacial score (nSPS) is 11.9. The number of carbonyl (C=O) groups is 1. The van der Waals surface area contributed by atoms with E-state index in [1.807, 2.05) is 68.4 Å². The zero-order chi connectivity index (χ0) is 19.5. The number of rotatable bonds is 5. The number of nitrogens with zero attached hydrogens (tertiary/aromatic N) is 3. The lowest BCUT2D eigenvalue weighted by molar-refractivity contribution is 0.0935. The lowest BCUT2D eigenvalue weighted by atomic mass is 10.1. The molecule has 4 rings (SSSR count). The standard InChI is InChI=1S/C22H20N4O2/c1-15-8-10-18(11-9-15)26-14-19(20(25-26)17-6-4-3-5-7-17)21(27)24-16(2)22-23-12-13-28-22/h3-14,16H,1-2H3,(H,24,27)/t16-/m1/s1. The number of aromatic nitrogens is 3. The maximum Gasteiger partial charge on any atom is 0.255 e. The van der Waals surface area contributed by atoms with E-state index in [1.54, 1.807) is 17.1 Å². The molecule has 0 aliphatic rings. The van der Waals surface area contributed by atoms with Crippen LogP contribution in [0.2, 0.25) is 0 Å². The van der Waals surface area contributed by atoms with Gasteiger partial charge in [0, 0.05) is 11.8 Å². The van der Waals surface area contributed by atoms with Crippen molar-refractivity contribution in [3.05, 3.63) is 90.3 Å². The van der Waals surface area contributed by atoms with Crippen molar-refractivity contribution in [1.82, 2.24) is 20.1 Å². The fourth-order valence-corrected chi connectivity index (χ4v) is 2.96. The van der Waals surface area contributed by atoms with Crippen LogP contribution in [0.25, 0.3) is 16.9 Å². The van der Waals surface area contributed by atoms with Gasteiger partial charge < -0.3 is 9.73 Å². The van der Waals surface area contributed by atoms with Crippen molar-refractivity contribution < 1.29 is 9.21 Å². The minimum absolute atomic E-state index is 0.233. The first kappa shape index (κ1) is 17.7. The second-order valence-corrected chi connectivity index (χ2v) is 6.60. The first-order chi connectivity index (χ1) is 13.6. The van der Waals surface area contributed by atoms with Gasteiger partial charge in [0.2, 0.25) is 5.89 Å². The van der Waals surface area contributed by atoms with E-state index < -0.39 is 0 Å². The van der Waals surface area contributed by atoms with Crippen LogP contribution in [0.1, 0.15) is 34.8 Å². The van der Waals surface area contributed by atoms with E-state index in [4.69, 9.17) is 4.42 Å². The molecule has 4 aromatic rings. The highest BCUT2D eigenvalue weighted by molar-refractivity contribution is 6.00. The number of oxazole rings is 1. The van der Waals surface area contributed by atoms with Crippen LogP contribution in [0.4, 0.5) is 0 Å². The third kappa shape index (κ3) is 3.57. The largest absolute Gasteiger partial charge is 0.447 e. The number of hydrogen-bond acceptors (Lipinski definition) is 4. The van der Waals surface area contributed by atoms with E-state index in [2.05, 4.69) is 15.4 Å². The molecular weight excluding hydrogens is 352 g/mol. The predicted molar refractivity (Wildman–Crippen MR) is 106 cm³/mol. The number of nitrogens with one attached hydrogen (secondary N) is 1. The van der Waals surface area contributed by atoms with E-state index >= 15 is 0 Å². The first-order valence-corrected chi connectivity index (χ1v) is 9.04. The summed E-state index contributed by atoms with van der Waals surface area (Å²) in [6, 6.07) is 17.3. The highest BCUT2D eigenvalue weighted by atomic mass is 16.3. The molecule has 0 radical (unpaired) electrons. The van der Waals surface area contributed by atoms with Crippen molar-refractivity contribution >= 4 is 5.91 Å². The molecule has 6 nitrogen and oxygen atoms in total. The SMILES string of the molecule is Cc1ccc(-n2cc(C(=O)N[C@H](C)c3ncco3)c(-c3ccccc3)n2)cc1. The zero-order valence-corrected chi connectivity index (χ0v) is 15.7. The molecule has 0 fully saturated rings. The zero-order valence-electron chi connectivity index (χ0n) is 15.7. The summed E-state index contributed by atoms with van der Waals surface area (Å²) >= 11 is 0. The van der Waals surface area contributed by atoms with Crippen LogP contribution in [0, 0.1) is 6.92 Å². The number of benzene rings is 2. The van der Waals surface area contributed by atoms with E-state index in [9.17, 15) is 4.79 Å². The molecule has 0 spiro atoms. The van der Waals surface area contributed by atoms with Crippen LogP contribution in [0.15, 0.2) is 77.7 Å². The lowest BCUT2D eigenvalue weighted by Gasteiger charge is -2.10. The van der Waals surface area contributed by atoms with E-state index in [-0.39, 0.29) is 11.9 Å². The van der Waals surface area contributed by atoms with Gasteiger partial charge in [-0.15, -0.1) is 0 Å². The van der Waals surface area contributed by atoms with Gasteiger partial charge in [-0.05, 0) is 26.0 Å². The monoisotopic (exact) mass is 372 g/mol. The summed E-state index contributed by atoms with van der Waals surface area (Å²) in [5.74, 6) is 0.225. The summed E-state index contributed by atoms with van der Waals surface area (Å²) in [6.07, 6.45) is 4.80. The van der Waals surface area contributed by atoms with Gasteiger partial charge in [-0.25, -0.2) is 9.67 Å². The lowest BCUT2D eigenvalue weighted by Crippen LogP contribution is -2.27. The van der Waals surface area contributed by atoms with Crippen molar-refractivity contribution in [1.29, 1.82) is 0 Å². The summed E-state index contributed by atoms with van der Waals surface area (Å²) in [5.41, 5.74) is 4.05. The Morgan fingerprint density at radius 3 is 2.54 bits per heavy atom. The highest BCUT2D eigenvalue weighted by Crippen LogP contribution is 2.24. The maximum atomic E-state index is 13.0. The molecule has 2 aromatic heterocycles. The molecule has 28 heavy (non-hydrogen) atoms. The van der Waals surface area contributed by atoms with Crippen LogP contribution in [-0.2, 0) is 0 Å². The summed E-state index contributed by atoms with van der Waals surface area (Å²) < 4.78 is 7.01. The Morgan fingerprint density at radius 2 is 1.86 bits per heavy atom. The smallest absolute Gasteiger partial charge is 0.255 e.